The molecule has 0 amide bonds. The van der Waals surface area contributed by atoms with Crippen molar-refractivity contribution in [2.75, 3.05) is 6.61 Å². The van der Waals surface area contributed by atoms with E-state index in [1.807, 2.05) is 19.1 Å². The van der Waals surface area contributed by atoms with E-state index >= 15 is 0 Å². The lowest BCUT2D eigenvalue weighted by Crippen LogP contribution is -2.15. The van der Waals surface area contributed by atoms with Crippen LogP contribution in [0.2, 0.25) is 19.6 Å². The molecule has 104 valence electrons. The van der Waals surface area contributed by atoms with Crippen LogP contribution >= 0.6 is 0 Å². The summed E-state index contributed by atoms with van der Waals surface area (Å²) in [5.74, 6) is 1.11. The molecule has 0 bridgehead atoms. The van der Waals surface area contributed by atoms with E-state index in [4.69, 9.17) is 9.15 Å². The Morgan fingerprint density at radius 1 is 1.47 bits per heavy atom. The summed E-state index contributed by atoms with van der Waals surface area (Å²) in [5.41, 5.74) is 2.30. The van der Waals surface area contributed by atoms with Crippen LogP contribution in [0, 0.1) is 11.8 Å². The summed E-state index contributed by atoms with van der Waals surface area (Å²) in [4.78, 5) is 12.0. The summed E-state index contributed by atoms with van der Waals surface area (Å²) < 4.78 is 10.6. The Kier molecular flexibility index (Phi) is 3.99. The van der Waals surface area contributed by atoms with Gasteiger partial charge in [0.15, 0.2) is 0 Å². The van der Waals surface area contributed by atoms with Gasteiger partial charge in [-0.15, -0.1) is 0 Å². The van der Waals surface area contributed by atoms with E-state index < -0.39 is 8.07 Å². The zero-order chi connectivity index (χ0) is 14.0. The van der Waals surface area contributed by atoms with E-state index in [1.54, 1.807) is 6.26 Å². The first-order chi connectivity index (χ1) is 8.94. The largest absolute Gasteiger partial charge is 0.469 e. The van der Waals surface area contributed by atoms with Crippen molar-refractivity contribution in [3.8, 4) is 0 Å². The fraction of sp³-hybridized carbons (Fsp3) is 0.533. The van der Waals surface area contributed by atoms with Gasteiger partial charge >= 0.3 is 5.97 Å². The van der Waals surface area contributed by atoms with Gasteiger partial charge in [-0.2, -0.15) is 0 Å². The summed E-state index contributed by atoms with van der Waals surface area (Å²) in [7, 11) is -1.24. The average molecular weight is 278 g/mol. The predicted octanol–water partition coefficient (Wildman–Crippen LogP) is 3.61. The predicted molar refractivity (Wildman–Crippen MR) is 77.5 cm³/mol. The maximum atomic E-state index is 12.0. The molecule has 1 aliphatic carbocycles. The van der Waals surface area contributed by atoms with Crippen molar-refractivity contribution in [2.24, 2.45) is 11.8 Å². The third kappa shape index (κ3) is 3.38. The normalized spacial score (nSPS) is 26.6. The van der Waals surface area contributed by atoms with Gasteiger partial charge in [-0.25, -0.2) is 0 Å². The van der Waals surface area contributed by atoms with Crippen LogP contribution in [0.5, 0.6) is 0 Å². The number of esters is 1. The number of allylic oxidation sites excluding steroid dienone is 1. The first-order valence-corrected chi connectivity index (χ1v) is 10.4. The third-order valence-corrected chi connectivity index (χ3v) is 4.52. The molecule has 3 atom stereocenters. The smallest absolute Gasteiger partial charge is 0.310 e. The van der Waals surface area contributed by atoms with E-state index in [0.29, 0.717) is 6.61 Å². The van der Waals surface area contributed by atoms with Crippen LogP contribution in [-0.2, 0) is 9.53 Å². The molecule has 1 fully saturated rings. The fourth-order valence-corrected chi connectivity index (χ4v) is 3.16. The van der Waals surface area contributed by atoms with Crippen molar-refractivity contribution >= 4 is 14.0 Å². The van der Waals surface area contributed by atoms with Gasteiger partial charge in [-0.05, 0) is 19.1 Å². The molecule has 3 nitrogen and oxygen atoms in total. The molecular weight excluding hydrogens is 256 g/mol. The molecule has 0 aliphatic heterocycles. The van der Waals surface area contributed by atoms with Gasteiger partial charge in [0, 0.05) is 11.8 Å². The molecule has 1 aromatic rings. The van der Waals surface area contributed by atoms with Crippen molar-refractivity contribution in [2.45, 2.75) is 32.5 Å². The lowest BCUT2D eigenvalue weighted by molar-refractivity contribution is -0.145. The van der Waals surface area contributed by atoms with Crippen LogP contribution in [-0.4, -0.2) is 20.7 Å². The number of hydrogen-bond acceptors (Lipinski definition) is 3. The Morgan fingerprint density at radius 2 is 2.21 bits per heavy atom. The highest BCUT2D eigenvalue weighted by Crippen LogP contribution is 2.55. The molecule has 1 unspecified atom stereocenters. The Balaban J connectivity index is 2.12. The van der Waals surface area contributed by atoms with Crippen LogP contribution in [0.4, 0.5) is 0 Å². The standard InChI is InChI=1S/C15H22O3Si/c1-5-17-15(16)14-11(8-10-19(2,3)4)13(14)12-7-6-9-18-12/h6-11,13-14H,5H2,1-4H3/b10-8+/t11?,13-,14+/m1/s1. The zero-order valence-electron chi connectivity index (χ0n) is 12.1. The van der Waals surface area contributed by atoms with Crippen molar-refractivity contribution in [3.63, 3.8) is 0 Å². The van der Waals surface area contributed by atoms with Crippen molar-refractivity contribution in [1.29, 1.82) is 0 Å². The third-order valence-electron chi connectivity index (χ3n) is 3.32. The summed E-state index contributed by atoms with van der Waals surface area (Å²) >= 11 is 0. The Labute approximate surface area is 115 Å². The zero-order valence-corrected chi connectivity index (χ0v) is 13.1. The summed E-state index contributed by atoms with van der Waals surface area (Å²) in [6.07, 6.45) is 3.86. The van der Waals surface area contributed by atoms with Crippen LogP contribution in [0.3, 0.4) is 0 Å². The van der Waals surface area contributed by atoms with Gasteiger partial charge in [0.25, 0.3) is 0 Å². The topological polar surface area (TPSA) is 39.4 Å². The molecule has 19 heavy (non-hydrogen) atoms. The van der Waals surface area contributed by atoms with E-state index in [1.165, 1.54) is 0 Å². The van der Waals surface area contributed by atoms with Crippen molar-refractivity contribution in [3.05, 3.63) is 35.9 Å². The van der Waals surface area contributed by atoms with E-state index in [0.717, 1.165) is 5.76 Å². The van der Waals surface area contributed by atoms with Gasteiger partial charge in [0.2, 0.25) is 0 Å². The number of furan rings is 1. The Morgan fingerprint density at radius 3 is 2.74 bits per heavy atom. The quantitative estimate of drug-likeness (QED) is 0.610. The molecule has 0 aromatic carbocycles. The van der Waals surface area contributed by atoms with Crippen molar-refractivity contribution in [1.82, 2.24) is 0 Å². The van der Waals surface area contributed by atoms with Crippen LogP contribution in [0.15, 0.2) is 34.6 Å². The highest BCUT2D eigenvalue weighted by Gasteiger charge is 2.56. The first-order valence-electron chi connectivity index (χ1n) is 6.83. The monoisotopic (exact) mass is 278 g/mol. The number of carbonyl (C=O) groups excluding carboxylic acids is 1. The minimum atomic E-state index is -1.24. The lowest BCUT2D eigenvalue weighted by atomic mass is 10.2. The van der Waals surface area contributed by atoms with E-state index in [-0.39, 0.29) is 23.7 Å². The SMILES string of the molecule is CCOC(=O)[C@H]1C(/C=C/[Si](C)(C)C)[C@@H]1c1ccco1. The second-order valence-electron chi connectivity index (χ2n) is 6.12. The Bertz CT molecular complexity index is 456. The summed E-state index contributed by atoms with van der Waals surface area (Å²) in [5, 5.41) is 0. The minimum Gasteiger partial charge on any atom is -0.469 e. The van der Waals surface area contributed by atoms with Crippen LogP contribution in [0.25, 0.3) is 0 Å². The molecule has 1 heterocycles. The highest BCUT2D eigenvalue weighted by atomic mass is 28.3. The molecule has 0 saturated heterocycles. The summed E-state index contributed by atoms with van der Waals surface area (Å²) in [6.45, 7) is 9.13. The maximum Gasteiger partial charge on any atom is 0.310 e. The highest BCUT2D eigenvalue weighted by molar-refractivity contribution is 6.80. The second-order valence-corrected chi connectivity index (χ2v) is 11.2. The second kappa shape index (κ2) is 5.37. The van der Waals surface area contributed by atoms with Crippen molar-refractivity contribution < 1.29 is 13.9 Å². The maximum absolute atomic E-state index is 12.0. The van der Waals surface area contributed by atoms with Crippen LogP contribution < -0.4 is 0 Å². The van der Waals surface area contributed by atoms with E-state index in [9.17, 15) is 4.79 Å². The molecule has 0 N–H and O–H groups in total. The van der Waals surface area contributed by atoms with Gasteiger partial charge < -0.3 is 9.15 Å². The first kappa shape index (κ1) is 14.1. The molecule has 0 radical (unpaired) electrons. The number of carbonyl (C=O) groups is 1. The minimum absolute atomic E-state index is 0.0706. The molecule has 0 spiro atoms. The van der Waals surface area contributed by atoms with Gasteiger partial charge in [0.1, 0.15) is 5.76 Å². The van der Waals surface area contributed by atoms with Gasteiger partial charge in [0.05, 0.1) is 26.9 Å². The number of rotatable bonds is 5. The molecule has 2 rings (SSSR count). The molecule has 1 aromatic heterocycles. The molecule has 4 heteroatoms. The average Bonchev–Trinajstić information content (AvgIpc) is 2.77. The fourth-order valence-electron chi connectivity index (χ4n) is 2.36. The Hall–Kier alpha value is -1.29. The lowest BCUT2D eigenvalue weighted by Gasteiger charge is -2.07. The van der Waals surface area contributed by atoms with Crippen LogP contribution in [0.1, 0.15) is 18.6 Å². The van der Waals surface area contributed by atoms with E-state index in [2.05, 4.69) is 31.4 Å². The van der Waals surface area contributed by atoms with Gasteiger partial charge in [-0.1, -0.05) is 31.4 Å². The number of ether oxygens (including phenoxy) is 1. The summed E-state index contributed by atoms with van der Waals surface area (Å²) in [6, 6.07) is 3.81. The number of hydrogen-bond donors (Lipinski definition) is 0. The molecular formula is C15H22O3Si. The molecule has 1 saturated carbocycles. The van der Waals surface area contributed by atoms with Gasteiger partial charge in [-0.3, -0.25) is 4.79 Å². The molecule has 1 aliphatic rings.